The maximum Gasteiger partial charge on any atom is 0.339 e. The number of ketones is 2. The third kappa shape index (κ3) is 3.12. The minimum atomic E-state index is -1.36. The molecule has 3 fully saturated rings. The van der Waals surface area contributed by atoms with Gasteiger partial charge in [-0.25, -0.2) is 4.79 Å². The molecule has 0 spiro atoms. The molecule has 7 atom stereocenters. The lowest BCUT2D eigenvalue weighted by atomic mass is 9.48. The Hall–Kier alpha value is -2.27. The lowest BCUT2D eigenvalue weighted by Crippen LogP contribution is -2.60. The van der Waals surface area contributed by atoms with Crippen LogP contribution in [0.3, 0.4) is 0 Å². The van der Waals surface area contributed by atoms with Crippen molar-refractivity contribution in [2.45, 2.75) is 71.3 Å². The number of carbonyl (C=O) groups excluding carboxylic acids is 3. The van der Waals surface area contributed by atoms with E-state index in [4.69, 9.17) is 4.74 Å². The fraction of sp³-hybridized carbons (Fsp3) is 0.621. The first-order valence-electron chi connectivity index (χ1n) is 12.8. The molecular weight excluding hydrogens is 428 g/mol. The number of ether oxygens (including phenoxy) is 1. The third-order valence-corrected chi connectivity index (χ3v) is 10.2. The number of Topliss-reactive ketones (excluding diaryl/α,β-unsaturated/α-hetero) is 2. The van der Waals surface area contributed by atoms with E-state index in [1.807, 2.05) is 13.0 Å². The smallest absolute Gasteiger partial charge is 0.339 e. The van der Waals surface area contributed by atoms with Gasteiger partial charge in [0.05, 0.1) is 5.56 Å². The molecule has 0 aromatic heterocycles. The predicted molar refractivity (Wildman–Crippen MR) is 128 cm³/mol. The van der Waals surface area contributed by atoms with Gasteiger partial charge in [0.1, 0.15) is 12.4 Å². The maximum atomic E-state index is 13.5. The minimum Gasteiger partial charge on any atom is -0.446 e. The van der Waals surface area contributed by atoms with Crippen LogP contribution in [0.2, 0.25) is 0 Å². The number of allylic oxidation sites excluding steroid dienone is 2. The van der Waals surface area contributed by atoms with Gasteiger partial charge in [-0.2, -0.15) is 0 Å². The fourth-order valence-electron chi connectivity index (χ4n) is 8.41. The molecule has 0 bridgehead atoms. The molecule has 0 unspecified atom stereocenters. The van der Waals surface area contributed by atoms with Gasteiger partial charge in [-0.15, -0.1) is 0 Å². The molecule has 3 saturated carbocycles. The van der Waals surface area contributed by atoms with Gasteiger partial charge in [-0.3, -0.25) is 9.59 Å². The quantitative estimate of drug-likeness (QED) is 0.505. The van der Waals surface area contributed by atoms with Crippen LogP contribution < -0.4 is 0 Å². The predicted octanol–water partition coefficient (Wildman–Crippen LogP) is 4.92. The summed E-state index contributed by atoms with van der Waals surface area (Å²) in [6, 6.07) is 8.80. The standard InChI is InChI=1S/C29H36O5/c1-18-15-24-22-10-9-20-16-21(31)11-13-27(20,2)23(22)12-14-28(24,3)29(18,25(32)17-30)34-26(33)19-7-5-4-6-8-19/h4-8,12,18,20,22,24,30H,9-11,13-17H2,1-3H3/t18-,20-,22+,24-,27-,28-,29-/m0/s1. The number of hydrogen-bond donors (Lipinski definition) is 1. The normalized spacial score (nSPS) is 41.1. The molecule has 1 aromatic rings. The van der Waals surface area contributed by atoms with E-state index in [0.717, 1.165) is 25.7 Å². The summed E-state index contributed by atoms with van der Waals surface area (Å²) in [4.78, 5) is 38.9. The molecule has 0 aliphatic heterocycles. The number of aliphatic hydroxyl groups is 1. The van der Waals surface area contributed by atoms with Crippen LogP contribution in [0.4, 0.5) is 0 Å². The lowest BCUT2D eigenvalue weighted by Gasteiger charge is -2.57. The van der Waals surface area contributed by atoms with Crippen molar-refractivity contribution in [2.75, 3.05) is 6.61 Å². The lowest BCUT2D eigenvalue weighted by molar-refractivity contribution is -0.163. The summed E-state index contributed by atoms with van der Waals surface area (Å²) in [7, 11) is 0. The van der Waals surface area contributed by atoms with Crippen LogP contribution in [0.1, 0.15) is 76.1 Å². The first-order chi connectivity index (χ1) is 16.2. The van der Waals surface area contributed by atoms with Crippen LogP contribution in [0.15, 0.2) is 42.0 Å². The highest BCUT2D eigenvalue weighted by atomic mass is 16.6. The Balaban J connectivity index is 1.55. The second-order valence-electron chi connectivity index (χ2n) is 11.6. The maximum absolute atomic E-state index is 13.5. The SMILES string of the molecule is C[C@H]1C[C@H]2[C@@H]3CC[C@H]4CC(=O)CC[C@]4(C)C3=CC[C@]2(C)[C@@]1(OC(=O)c1ccccc1)C(=O)CO. The van der Waals surface area contributed by atoms with Gasteiger partial charge < -0.3 is 9.84 Å². The summed E-state index contributed by atoms with van der Waals surface area (Å²) >= 11 is 0. The van der Waals surface area contributed by atoms with Gasteiger partial charge in [0, 0.05) is 24.2 Å². The summed E-state index contributed by atoms with van der Waals surface area (Å²) in [6.45, 7) is 5.79. The number of fused-ring (bicyclic) bond motifs is 5. The van der Waals surface area contributed by atoms with E-state index in [2.05, 4.69) is 19.9 Å². The van der Waals surface area contributed by atoms with E-state index >= 15 is 0 Å². The van der Waals surface area contributed by atoms with Crippen LogP contribution in [-0.4, -0.2) is 34.9 Å². The summed E-state index contributed by atoms with van der Waals surface area (Å²) in [6.07, 6.45) is 8.00. The van der Waals surface area contributed by atoms with Gasteiger partial charge in [-0.05, 0) is 67.4 Å². The van der Waals surface area contributed by atoms with Gasteiger partial charge >= 0.3 is 5.97 Å². The van der Waals surface area contributed by atoms with E-state index in [1.165, 1.54) is 5.57 Å². The summed E-state index contributed by atoms with van der Waals surface area (Å²) in [5.41, 5.74) is -0.0273. The van der Waals surface area contributed by atoms with Crippen LogP contribution in [-0.2, 0) is 14.3 Å². The summed E-state index contributed by atoms with van der Waals surface area (Å²) in [5, 5.41) is 10.0. The van der Waals surface area contributed by atoms with Gasteiger partial charge in [0.15, 0.2) is 5.60 Å². The number of hydrogen-bond acceptors (Lipinski definition) is 5. The topological polar surface area (TPSA) is 80.7 Å². The Labute approximate surface area is 202 Å². The summed E-state index contributed by atoms with van der Waals surface area (Å²) in [5.74, 6) is 0.204. The van der Waals surface area contributed by atoms with E-state index in [0.29, 0.717) is 42.4 Å². The number of benzene rings is 1. The molecular formula is C29H36O5. The van der Waals surface area contributed by atoms with Gasteiger partial charge in [0.2, 0.25) is 5.78 Å². The molecule has 182 valence electrons. The second kappa shape index (κ2) is 8.15. The average Bonchev–Trinajstić information content (AvgIpc) is 3.06. The fourth-order valence-corrected chi connectivity index (χ4v) is 8.41. The Morgan fingerprint density at radius 3 is 2.59 bits per heavy atom. The summed E-state index contributed by atoms with van der Waals surface area (Å²) < 4.78 is 6.23. The van der Waals surface area contributed by atoms with Crippen molar-refractivity contribution in [3.8, 4) is 0 Å². The highest BCUT2D eigenvalue weighted by molar-refractivity contribution is 5.96. The van der Waals surface area contributed by atoms with Crippen LogP contribution in [0.25, 0.3) is 0 Å². The van der Waals surface area contributed by atoms with E-state index in [9.17, 15) is 19.5 Å². The van der Waals surface area contributed by atoms with Crippen molar-refractivity contribution in [2.24, 2.45) is 34.5 Å². The second-order valence-corrected chi connectivity index (χ2v) is 11.6. The number of aliphatic hydroxyl groups excluding tert-OH is 1. The highest BCUT2D eigenvalue weighted by Gasteiger charge is 2.70. The third-order valence-electron chi connectivity index (χ3n) is 10.2. The minimum absolute atomic E-state index is 0.0361. The zero-order chi connectivity index (χ0) is 24.3. The van der Waals surface area contributed by atoms with Crippen LogP contribution in [0.5, 0.6) is 0 Å². The molecule has 5 rings (SSSR count). The van der Waals surface area contributed by atoms with Crippen LogP contribution in [0, 0.1) is 34.5 Å². The molecule has 0 saturated heterocycles. The van der Waals surface area contributed by atoms with E-state index in [1.54, 1.807) is 24.3 Å². The van der Waals surface area contributed by atoms with Crippen molar-refractivity contribution in [1.82, 2.24) is 0 Å². The largest absolute Gasteiger partial charge is 0.446 e. The van der Waals surface area contributed by atoms with Gasteiger partial charge in [0.25, 0.3) is 0 Å². The Morgan fingerprint density at radius 1 is 1.15 bits per heavy atom. The average molecular weight is 465 g/mol. The molecule has 4 aliphatic rings. The van der Waals surface area contributed by atoms with Crippen molar-refractivity contribution < 1.29 is 24.2 Å². The van der Waals surface area contributed by atoms with Crippen LogP contribution >= 0.6 is 0 Å². The molecule has 0 amide bonds. The molecule has 0 radical (unpaired) electrons. The van der Waals surface area contributed by atoms with Crippen molar-refractivity contribution in [3.05, 3.63) is 47.5 Å². The van der Waals surface area contributed by atoms with E-state index in [-0.39, 0.29) is 17.3 Å². The number of esters is 1. The molecule has 34 heavy (non-hydrogen) atoms. The van der Waals surface area contributed by atoms with Crippen molar-refractivity contribution >= 4 is 17.5 Å². The van der Waals surface area contributed by atoms with Gasteiger partial charge in [-0.1, -0.05) is 50.6 Å². The zero-order valence-corrected chi connectivity index (χ0v) is 20.5. The number of carbonyl (C=O) groups is 3. The first-order valence-corrected chi connectivity index (χ1v) is 12.8. The number of rotatable bonds is 4. The van der Waals surface area contributed by atoms with E-state index < -0.39 is 29.4 Å². The Morgan fingerprint density at radius 2 is 1.88 bits per heavy atom. The molecule has 1 N–H and O–H groups in total. The molecule has 1 aromatic carbocycles. The molecule has 5 nitrogen and oxygen atoms in total. The highest BCUT2D eigenvalue weighted by Crippen LogP contribution is 2.68. The molecule has 0 heterocycles. The zero-order valence-electron chi connectivity index (χ0n) is 20.5. The van der Waals surface area contributed by atoms with Crippen molar-refractivity contribution in [3.63, 3.8) is 0 Å². The Kier molecular flexibility index (Phi) is 5.63. The Bertz CT molecular complexity index is 1040. The monoisotopic (exact) mass is 464 g/mol. The first kappa shape index (κ1) is 23.5. The molecule has 5 heteroatoms. The van der Waals surface area contributed by atoms with Crippen molar-refractivity contribution in [1.29, 1.82) is 0 Å². The molecule has 4 aliphatic carbocycles.